The van der Waals surface area contributed by atoms with Crippen LogP contribution in [0.1, 0.15) is 0 Å². The third kappa shape index (κ3) is 1.14. The fourth-order valence-electron chi connectivity index (χ4n) is 1.91. The van der Waals surface area contributed by atoms with Gasteiger partial charge in [0.2, 0.25) is 0 Å². The van der Waals surface area contributed by atoms with E-state index in [0.29, 0.717) is 0 Å². The second kappa shape index (κ2) is 3.16. The molecule has 2 aromatic heterocycles. The first kappa shape index (κ1) is 9.08. The Morgan fingerprint density at radius 3 is 2.94 bits per heavy atom. The maximum atomic E-state index is 4.39. The van der Waals surface area contributed by atoms with Gasteiger partial charge in [-0.3, -0.25) is 9.67 Å². The summed E-state index contributed by atoms with van der Waals surface area (Å²) in [5.74, 6) is 0. The molecule has 0 aromatic carbocycles. The molecule has 0 fully saturated rings. The van der Waals surface area contributed by atoms with Crippen LogP contribution < -0.4 is 4.90 Å². The van der Waals surface area contributed by atoms with Crippen molar-refractivity contribution >= 4 is 17.7 Å². The number of rotatable bonds is 0. The molecule has 80 valence electrons. The minimum atomic E-state index is 0.888. The number of hydrogen-bond acceptors (Lipinski definition) is 4. The Kier molecular flexibility index (Phi) is 1.80. The number of hydrogen-bond donors (Lipinski definition) is 0. The zero-order chi connectivity index (χ0) is 11.1. The Hall–Kier alpha value is -2.17. The Balaban J connectivity index is 2.37. The summed E-state index contributed by atoms with van der Waals surface area (Å²) in [5.41, 5.74) is 4.05. The molecule has 5 nitrogen and oxygen atoms in total. The van der Waals surface area contributed by atoms with E-state index in [1.54, 1.807) is 18.7 Å². The number of nitrogens with zero attached hydrogens (tertiary/aromatic N) is 5. The van der Waals surface area contributed by atoms with Crippen molar-refractivity contribution in [1.82, 2.24) is 14.8 Å². The average Bonchev–Trinajstić information content (AvgIpc) is 2.60. The number of fused-ring (bicyclic) bond motifs is 3. The minimum Gasteiger partial charge on any atom is -0.334 e. The summed E-state index contributed by atoms with van der Waals surface area (Å²) in [6.45, 7) is 0. The predicted octanol–water partition coefficient (Wildman–Crippen LogP) is 1.59. The van der Waals surface area contributed by atoms with Gasteiger partial charge < -0.3 is 4.90 Å². The highest BCUT2D eigenvalue weighted by atomic mass is 15.3. The summed E-state index contributed by atoms with van der Waals surface area (Å²) >= 11 is 0. The molecular formula is C11H11N5. The molecule has 0 saturated carbocycles. The largest absolute Gasteiger partial charge is 0.334 e. The lowest BCUT2D eigenvalue weighted by molar-refractivity contribution is 0.776. The van der Waals surface area contributed by atoms with Crippen LogP contribution in [0.25, 0.3) is 11.3 Å². The third-order valence-corrected chi connectivity index (χ3v) is 2.72. The normalized spacial score (nSPS) is 13.2. The molecule has 0 radical (unpaired) electrons. The zero-order valence-corrected chi connectivity index (χ0v) is 9.12. The smallest absolute Gasteiger partial charge is 0.111 e. The average molecular weight is 213 g/mol. The fraction of sp³-hybridized carbons (Fsp3) is 0.182. The molecule has 16 heavy (non-hydrogen) atoms. The van der Waals surface area contributed by atoms with Crippen LogP contribution in [0.4, 0.5) is 11.4 Å². The summed E-state index contributed by atoms with van der Waals surface area (Å²) < 4.78 is 1.84. The van der Waals surface area contributed by atoms with Crippen LogP contribution >= 0.6 is 0 Å². The van der Waals surface area contributed by atoms with Gasteiger partial charge in [-0.2, -0.15) is 5.10 Å². The van der Waals surface area contributed by atoms with E-state index in [-0.39, 0.29) is 0 Å². The molecule has 3 rings (SSSR count). The molecule has 0 bridgehead atoms. The van der Waals surface area contributed by atoms with Crippen LogP contribution in [0.3, 0.4) is 0 Å². The van der Waals surface area contributed by atoms with Gasteiger partial charge in [0.15, 0.2) is 0 Å². The second-order valence-electron chi connectivity index (χ2n) is 3.75. The fourth-order valence-corrected chi connectivity index (χ4v) is 1.91. The Morgan fingerprint density at radius 2 is 2.06 bits per heavy atom. The van der Waals surface area contributed by atoms with E-state index in [9.17, 15) is 0 Å². The molecule has 1 aliphatic rings. The number of pyridine rings is 1. The van der Waals surface area contributed by atoms with Crippen LogP contribution in [0.5, 0.6) is 0 Å². The molecule has 0 spiro atoms. The van der Waals surface area contributed by atoms with Crippen molar-refractivity contribution in [3.8, 4) is 11.3 Å². The topological polar surface area (TPSA) is 46.3 Å². The Morgan fingerprint density at radius 1 is 1.19 bits per heavy atom. The van der Waals surface area contributed by atoms with Crippen molar-refractivity contribution in [3.63, 3.8) is 0 Å². The number of aliphatic imine (C=N–C) groups is 1. The minimum absolute atomic E-state index is 0.888. The maximum absolute atomic E-state index is 4.39. The molecule has 0 unspecified atom stereocenters. The van der Waals surface area contributed by atoms with Crippen molar-refractivity contribution in [1.29, 1.82) is 0 Å². The summed E-state index contributed by atoms with van der Waals surface area (Å²) in [5, 5.41) is 4.23. The lowest BCUT2D eigenvalue weighted by atomic mass is 10.1. The summed E-state index contributed by atoms with van der Waals surface area (Å²) in [4.78, 5) is 10.5. The first-order valence-electron chi connectivity index (χ1n) is 5.01. The molecule has 0 atom stereocenters. The molecule has 1 aliphatic heterocycles. The monoisotopic (exact) mass is 213 g/mol. The highest BCUT2D eigenvalue weighted by Crippen LogP contribution is 2.37. The molecule has 0 saturated heterocycles. The lowest BCUT2D eigenvalue weighted by Crippen LogP contribution is -2.14. The van der Waals surface area contributed by atoms with Crippen molar-refractivity contribution in [3.05, 3.63) is 24.7 Å². The van der Waals surface area contributed by atoms with Gasteiger partial charge in [-0.1, -0.05) is 0 Å². The van der Waals surface area contributed by atoms with Crippen molar-refractivity contribution in [2.75, 3.05) is 11.9 Å². The molecule has 0 N–H and O–H groups in total. The lowest BCUT2D eigenvalue weighted by Gasteiger charge is -2.14. The van der Waals surface area contributed by atoms with Crippen LogP contribution in [0.2, 0.25) is 0 Å². The second-order valence-corrected chi connectivity index (χ2v) is 3.75. The van der Waals surface area contributed by atoms with E-state index < -0.39 is 0 Å². The van der Waals surface area contributed by atoms with E-state index in [2.05, 4.69) is 15.1 Å². The van der Waals surface area contributed by atoms with E-state index in [1.807, 2.05) is 35.9 Å². The van der Waals surface area contributed by atoms with Crippen molar-refractivity contribution < 1.29 is 0 Å². The first-order valence-corrected chi connectivity index (χ1v) is 5.01. The van der Waals surface area contributed by atoms with Gasteiger partial charge in [-0.15, -0.1) is 0 Å². The summed E-state index contributed by atoms with van der Waals surface area (Å²) in [6.07, 6.45) is 7.18. The zero-order valence-electron chi connectivity index (χ0n) is 9.12. The maximum Gasteiger partial charge on any atom is 0.111 e. The number of aryl methyl sites for hydroxylation is 1. The van der Waals surface area contributed by atoms with Gasteiger partial charge >= 0.3 is 0 Å². The van der Waals surface area contributed by atoms with Crippen LogP contribution in [0.15, 0.2) is 29.6 Å². The highest BCUT2D eigenvalue weighted by molar-refractivity contribution is 5.94. The van der Waals surface area contributed by atoms with E-state index in [4.69, 9.17) is 0 Å². The van der Waals surface area contributed by atoms with Gasteiger partial charge in [-0.05, 0) is 6.07 Å². The van der Waals surface area contributed by atoms with Gasteiger partial charge in [0.1, 0.15) is 5.69 Å². The SMILES string of the molecule is CN1C=Nc2cnn(C)c2-c2ccncc21. The van der Waals surface area contributed by atoms with Crippen molar-refractivity contribution in [2.45, 2.75) is 0 Å². The molecule has 0 aliphatic carbocycles. The number of anilines is 1. The molecule has 0 amide bonds. The van der Waals surface area contributed by atoms with E-state index in [0.717, 1.165) is 22.6 Å². The third-order valence-electron chi connectivity index (χ3n) is 2.72. The first-order chi connectivity index (χ1) is 7.77. The standard InChI is InChI=1S/C11H11N5/c1-15-7-13-9-5-14-16(2)11(9)8-3-4-12-6-10(8)15/h3-7H,1-2H3. The Bertz CT molecular complexity index is 570. The Labute approximate surface area is 93.1 Å². The summed E-state index contributed by atoms with van der Waals surface area (Å²) in [7, 11) is 3.88. The van der Waals surface area contributed by atoms with Crippen LogP contribution in [0, 0.1) is 0 Å². The number of aromatic nitrogens is 3. The molecule has 2 aromatic rings. The molecule has 5 heteroatoms. The van der Waals surface area contributed by atoms with E-state index in [1.165, 1.54) is 0 Å². The quantitative estimate of drug-likeness (QED) is 0.667. The van der Waals surface area contributed by atoms with E-state index >= 15 is 0 Å². The van der Waals surface area contributed by atoms with Gasteiger partial charge in [0, 0.05) is 25.9 Å². The summed E-state index contributed by atoms with van der Waals surface area (Å²) in [6, 6.07) is 1.99. The molecule has 3 heterocycles. The van der Waals surface area contributed by atoms with Crippen LogP contribution in [-0.4, -0.2) is 28.2 Å². The highest BCUT2D eigenvalue weighted by Gasteiger charge is 2.18. The van der Waals surface area contributed by atoms with Gasteiger partial charge in [-0.25, -0.2) is 4.99 Å². The van der Waals surface area contributed by atoms with Crippen molar-refractivity contribution in [2.24, 2.45) is 12.0 Å². The molecular weight excluding hydrogens is 202 g/mol. The van der Waals surface area contributed by atoms with Gasteiger partial charge in [0.25, 0.3) is 0 Å². The van der Waals surface area contributed by atoms with Crippen LogP contribution in [-0.2, 0) is 7.05 Å². The predicted molar refractivity (Wildman–Crippen MR) is 63.0 cm³/mol. The van der Waals surface area contributed by atoms with Gasteiger partial charge in [0.05, 0.1) is 30.1 Å².